The molecule has 1 amide bonds. The van der Waals surface area contributed by atoms with Gasteiger partial charge in [-0.05, 0) is 55.4 Å². The van der Waals surface area contributed by atoms with Gasteiger partial charge >= 0.3 is 0 Å². The molecule has 1 N–H and O–H groups in total. The summed E-state index contributed by atoms with van der Waals surface area (Å²) in [6.45, 7) is 5.05. The number of benzene rings is 1. The molecule has 3 heteroatoms. The fraction of sp³-hybridized carbons (Fsp3) is 0.588. The van der Waals surface area contributed by atoms with Crippen LogP contribution in [0.25, 0.3) is 0 Å². The van der Waals surface area contributed by atoms with Crippen molar-refractivity contribution >= 4 is 11.6 Å². The molecule has 1 aromatic carbocycles. The van der Waals surface area contributed by atoms with Crippen LogP contribution < -0.4 is 10.2 Å². The lowest BCUT2D eigenvalue weighted by atomic mass is 10.0. The van der Waals surface area contributed by atoms with E-state index < -0.39 is 0 Å². The quantitative estimate of drug-likeness (QED) is 0.917. The second kappa shape index (κ2) is 5.57. The van der Waals surface area contributed by atoms with Crippen LogP contribution in [0.4, 0.5) is 5.69 Å². The maximum absolute atomic E-state index is 12.6. The van der Waals surface area contributed by atoms with E-state index >= 15 is 0 Å². The van der Waals surface area contributed by atoms with Crippen LogP contribution in [0.1, 0.15) is 44.2 Å². The highest BCUT2D eigenvalue weighted by Gasteiger charge is 2.30. The Hall–Kier alpha value is -1.35. The number of fused-ring (bicyclic) bond motifs is 1. The minimum absolute atomic E-state index is 0.0167. The Morgan fingerprint density at radius 2 is 2.00 bits per heavy atom. The molecular weight excluding hydrogens is 248 g/mol. The summed E-state index contributed by atoms with van der Waals surface area (Å²) in [5.41, 5.74) is 4.00. The fourth-order valence-electron chi connectivity index (χ4n) is 3.41. The molecule has 20 heavy (non-hydrogen) atoms. The van der Waals surface area contributed by atoms with Gasteiger partial charge in [0.25, 0.3) is 0 Å². The van der Waals surface area contributed by atoms with Crippen LogP contribution in [0.15, 0.2) is 18.2 Å². The SMILES string of the molecule is CC(C)NC1CCCN(c2ccc3c(c2)CCC3)C1=O. The number of rotatable bonds is 3. The van der Waals surface area contributed by atoms with E-state index in [1.807, 2.05) is 4.90 Å². The Labute approximate surface area is 121 Å². The Morgan fingerprint density at radius 1 is 1.20 bits per heavy atom. The van der Waals surface area contributed by atoms with Gasteiger partial charge in [-0.1, -0.05) is 19.9 Å². The third kappa shape index (κ3) is 2.59. The molecule has 0 bridgehead atoms. The third-order valence-corrected chi connectivity index (χ3v) is 4.37. The number of aryl methyl sites for hydroxylation is 2. The molecule has 2 aliphatic rings. The predicted octanol–water partition coefficient (Wildman–Crippen LogP) is 2.67. The van der Waals surface area contributed by atoms with Gasteiger partial charge in [-0.15, -0.1) is 0 Å². The number of hydrogen-bond acceptors (Lipinski definition) is 2. The van der Waals surface area contributed by atoms with Gasteiger partial charge in [0.05, 0.1) is 6.04 Å². The van der Waals surface area contributed by atoms with E-state index in [-0.39, 0.29) is 11.9 Å². The van der Waals surface area contributed by atoms with Crippen molar-refractivity contribution in [1.82, 2.24) is 5.32 Å². The second-order valence-corrected chi connectivity index (χ2v) is 6.31. The van der Waals surface area contributed by atoms with Crippen molar-refractivity contribution in [3.63, 3.8) is 0 Å². The molecule has 1 fully saturated rings. The number of nitrogens with zero attached hydrogens (tertiary/aromatic N) is 1. The minimum atomic E-state index is -0.0167. The van der Waals surface area contributed by atoms with Gasteiger partial charge in [0, 0.05) is 18.3 Å². The number of nitrogens with one attached hydrogen (secondary N) is 1. The largest absolute Gasteiger partial charge is 0.311 e. The fourth-order valence-corrected chi connectivity index (χ4v) is 3.41. The molecule has 1 unspecified atom stereocenters. The van der Waals surface area contributed by atoms with Crippen LogP contribution in [-0.4, -0.2) is 24.5 Å². The van der Waals surface area contributed by atoms with Crippen molar-refractivity contribution < 1.29 is 4.79 Å². The second-order valence-electron chi connectivity index (χ2n) is 6.31. The molecule has 0 saturated carbocycles. The van der Waals surface area contributed by atoms with E-state index in [1.54, 1.807) is 0 Å². The Balaban J connectivity index is 1.80. The van der Waals surface area contributed by atoms with E-state index in [0.717, 1.165) is 25.1 Å². The topological polar surface area (TPSA) is 32.3 Å². The first-order valence-electron chi connectivity index (χ1n) is 7.84. The van der Waals surface area contributed by atoms with Gasteiger partial charge in [0.2, 0.25) is 5.91 Å². The van der Waals surface area contributed by atoms with Crippen molar-refractivity contribution in [3.8, 4) is 0 Å². The van der Waals surface area contributed by atoms with Crippen molar-refractivity contribution in [1.29, 1.82) is 0 Å². The zero-order valence-corrected chi connectivity index (χ0v) is 12.5. The smallest absolute Gasteiger partial charge is 0.244 e. The summed E-state index contributed by atoms with van der Waals surface area (Å²) in [5.74, 6) is 0.239. The van der Waals surface area contributed by atoms with Crippen LogP contribution in [-0.2, 0) is 17.6 Å². The summed E-state index contributed by atoms with van der Waals surface area (Å²) < 4.78 is 0. The highest BCUT2D eigenvalue weighted by Crippen LogP contribution is 2.28. The van der Waals surface area contributed by atoms with Gasteiger partial charge in [-0.2, -0.15) is 0 Å². The standard InChI is InChI=1S/C17H24N2O/c1-12(2)18-16-7-4-10-19(17(16)20)15-9-8-13-5-3-6-14(13)11-15/h8-9,11-12,16,18H,3-7,10H2,1-2H3. The monoisotopic (exact) mass is 272 g/mol. The number of carbonyl (C=O) groups is 1. The Bertz CT molecular complexity index is 510. The maximum Gasteiger partial charge on any atom is 0.244 e. The molecule has 1 aromatic rings. The lowest BCUT2D eigenvalue weighted by Gasteiger charge is -2.34. The minimum Gasteiger partial charge on any atom is -0.311 e. The molecular formula is C17H24N2O. The van der Waals surface area contributed by atoms with E-state index in [4.69, 9.17) is 0 Å². The summed E-state index contributed by atoms with van der Waals surface area (Å²) in [6.07, 6.45) is 5.65. The highest BCUT2D eigenvalue weighted by atomic mass is 16.2. The Kier molecular flexibility index (Phi) is 3.79. The molecule has 1 aliphatic carbocycles. The van der Waals surface area contributed by atoms with E-state index in [0.29, 0.717) is 6.04 Å². The van der Waals surface area contributed by atoms with Crippen molar-refractivity contribution in [2.45, 2.75) is 58.0 Å². The van der Waals surface area contributed by atoms with Gasteiger partial charge in [0.15, 0.2) is 0 Å². The van der Waals surface area contributed by atoms with Crippen LogP contribution in [0.5, 0.6) is 0 Å². The van der Waals surface area contributed by atoms with Crippen molar-refractivity contribution in [2.75, 3.05) is 11.4 Å². The van der Waals surface area contributed by atoms with Crippen LogP contribution >= 0.6 is 0 Å². The molecule has 1 saturated heterocycles. The summed E-state index contributed by atoms with van der Waals surface area (Å²) in [6, 6.07) is 6.91. The number of carbonyl (C=O) groups excluding carboxylic acids is 1. The van der Waals surface area contributed by atoms with E-state index in [2.05, 4.69) is 37.4 Å². The van der Waals surface area contributed by atoms with Crippen molar-refractivity contribution in [2.24, 2.45) is 0 Å². The van der Waals surface area contributed by atoms with Crippen LogP contribution in [0.3, 0.4) is 0 Å². The molecule has 1 heterocycles. The third-order valence-electron chi connectivity index (χ3n) is 4.37. The molecule has 0 radical (unpaired) electrons. The molecule has 1 aliphatic heterocycles. The number of piperidine rings is 1. The lowest BCUT2D eigenvalue weighted by Crippen LogP contribution is -2.52. The van der Waals surface area contributed by atoms with Gasteiger partial charge in [-0.3, -0.25) is 4.79 Å². The van der Waals surface area contributed by atoms with E-state index in [1.165, 1.54) is 30.4 Å². The zero-order chi connectivity index (χ0) is 14.1. The first kappa shape index (κ1) is 13.6. The van der Waals surface area contributed by atoms with Gasteiger partial charge in [0.1, 0.15) is 0 Å². The van der Waals surface area contributed by atoms with E-state index in [9.17, 15) is 4.79 Å². The zero-order valence-electron chi connectivity index (χ0n) is 12.5. The molecule has 3 nitrogen and oxygen atoms in total. The lowest BCUT2D eigenvalue weighted by molar-refractivity contribution is -0.121. The molecule has 0 aromatic heterocycles. The number of hydrogen-bond donors (Lipinski definition) is 1. The highest BCUT2D eigenvalue weighted by molar-refractivity contribution is 5.98. The van der Waals surface area contributed by atoms with Gasteiger partial charge < -0.3 is 10.2 Å². The predicted molar refractivity (Wildman–Crippen MR) is 82.1 cm³/mol. The number of anilines is 1. The summed E-state index contributed by atoms with van der Waals surface area (Å²) in [7, 11) is 0. The Morgan fingerprint density at radius 3 is 2.80 bits per heavy atom. The molecule has 3 rings (SSSR count). The van der Waals surface area contributed by atoms with Crippen LogP contribution in [0, 0.1) is 0 Å². The summed E-state index contributed by atoms with van der Waals surface area (Å²) in [5, 5.41) is 3.39. The maximum atomic E-state index is 12.6. The van der Waals surface area contributed by atoms with Crippen molar-refractivity contribution in [3.05, 3.63) is 29.3 Å². The summed E-state index contributed by atoms with van der Waals surface area (Å²) in [4.78, 5) is 14.6. The normalized spacial score (nSPS) is 22.4. The number of amides is 1. The first-order valence-corrected chi connectivity index (χ1v) is 7.84. The first-order chi connectivity index (χ1) is 9.65. The average molecular weight is 272 g/mol. The van der Waals surface area contributed by atoms with Crippen LogP contribution in [0.2, 0.25) is 0 Å². The molecule has 0 spiro atoms. The molecule has 1 atom stereocenters. The van der Waals surface area contributed by atoms with Gasteiger partial charge in [-0.25, -0.2) is 0 Å². The summed E-state index contributed by atoms with van der Waals surface area (Å²) >= 11 is 0. The molecule has 108 valence electrons. The average Bonchev–Trinajstić information content (AvgIpc) is 2.88.